The van der Waals surface area contributed by atoms with Crippen molar-refractivity contribution in [1.29, 1.82) is 0 Å². The predicted octanol–water partition coefficient (Wildman–Crippen LogP) is 6.42. The van der Waals surface area contributed by atoms with Gasteiger partial charge in [-0.25, -0.2) is 22.8 Å². The highest BCUT2D eigenvalue weighted by Crippen LogP contribution is 2.36. The molecule has 0 aliphatic carbocycles. The number of rotatable bonds is 7. The van der Waals surface area contributed by atoms with Gasteiger partial charge in [0.15, 0.2) is 0 Å². The summed E-state index contributed by atoms with van der Waals surface area (Å²) in [4.78, 5) is 20.8. The smallest absolute Gasteiger partial charge is 0.317 e. The summed E-state index contributed by atoms with van der Waals surface area (Å²) in [6.07, 6.45) is 1.80. The Hall–Kier alpha value is -3.15. The zero-order valence-electron chi connectivity index (χ0n) is 24.0. The molecule has 0 radical (unpaired) electrons. The third kappa shape index (κ3) is 9.43. The molecular weight excluding hydrogens is 814 g/mol. The number of sulfonamides is 1. The van der Waals surface area contributed by atoms with Crippen LogP contribution in [-0.2, 0) is 14.8 Å². The number of hydrogen-bond acceptors (Lipinski definition) is 8. The molecule has 1 aromatic heterocycles. The number of carboxylic acid groups (broad SMARTS) is 1. The number of aromatic nitrogens is 2. The molecule has 4 aromatic rings. The van der Waals surface area contributed by atoms with Crippen molar-refractivity contribution < 1.29 is 18.3 Å². The fourth-order valence-electron chi connectivity index (χ4n) is 3.99. The molecule has 0 bridgehead atoms. The van der Waals surface area contributed by atoms with E-state index in [1.807, 2.05) is 61.0 Å². The van der Waals surface area contributed by atoms with Crippen LogP contribution in [0, 0.1) is 18.5 Å². The van der Waals surface area contributed by atoms with Crippen LogP contribution in [-0.4, -0.2) is 66.2 Å². The topological polar surface area (TPSA) is 144 Å². The molecule has 4 N–H and O–H groups in total. The van der Waals surface area contributed by atoms with Gasteiger partial charge in [-0.1, -0.05) is 64.0 Å². The van der Waals surface area contributed by atoms with Crippen molar-refractivity contribution in [1.82, 2.24) is 24.7 Å². The molecule has 11 nitrogen and oxygen atoms in total. The minimum atomic E-state index is -3.70. The molecule has 45 heavy (non-hydrogen) atoms. The number of guanidine groups is 1. The molecule has 236 valence electrons. The Morgan fingerprint density at radius 1 is 1.09 bits per heavy atom. The molecular formula is C29H28Br3N7O4S2. The van der Waals surface area contributed by atoms with Gasteiger partial charge in [0, 0.05) is 25.3 Å². The van der Waals surface area contributed by atoms with E-state index in [1.54, 1.807) is 18.3 Å². The first-order chi connectivity index (χ1) is 21.3. The lowest BCUT2D eigenvalue weighted by Gasteiger charge is -2.25. The van der Waals surface area contributed by atoms with Crippen molar-refractivity contribution in [2.45, 2.75) is 18.7 Å². The zero-order valence-corrected chi connectivity index (χ0v) is 30.4. The number of aryl methyl sites for hydroxylation is 2. The zero-order chi connectivity index (χ0) is 32.7. The Bertz CT molecular complexity index is 1890. The van der Waals surface area contributed by atoms with Gasteiger partial charge >= 0.3 is 5.97 Å². The Morgan fingerprint density at radius 3 is 2.31 bits per heavy atom. The van der Waals surface area contributed by atoms with Crippen LogP contribution in [0.3, 0.4) is 0 Å². The van der Waals surface area contributed by atoms with E-state index in [9.17, 15) is 13.2 Å². The Morgan fingerprint density at radius 2 is 1.73 bits per heavy atom. The molecule has 1 aliphatic heterocycles. The van der Waals surface area contributed by atoms with Crippen molar-refractivity contribution in [3.05, 3.63) is 102 Å². The van der Waals surface area contributed by atoms with Crippen LogP contribution >= 0.6 is 60.0 Å². The number of aliphatic imine (C=N–C) groups is 2. The predicted molar refractivity (Wildman–Crippen MR) is 189 cm³/mol. The van der Waals surface area contributed by atoms with Gasteiger partial charge in [0.2, 0.25) is 5.96 Å². The van der Waals surface area contributed by atoms with Crippen LogP contribution < -0.4 is 10.0 Å². The molecule has 3 aromatic carbocycles. The molecule has 5 rings (SSSR count). The Labute approximate surface area is 290 Å². The van der Waals surface area contributed by atoms with E-state index in [2.05, 4.69) is 72.9 Å². The van der Waals surface area contributed by atoms with Gasteiger partial charge in [0.1, 0.15) is 4.64 Å². The van der Waals surface area contributed by atoms with Crippen molar-refractivity contribution in [3.8, 4) is 5.69 Å². The maximum atomic E-state index is 12.1. The average Bonchev–Trinajstić information content (AvgIpc) is 3.27. The quantitative estimate of drug-likeness (QED) is 0.124. The molecule has 0 saturated heterocycles. The van der Waals surface area contributed by atoms with E-state index in [-0.39, 0.29) is 30.7 Å². The monoisotopic (exact) mass is 839 g/mol. The number of aromatic amines is 1. The van der Waals surface area contributed by atoms with Gasteiger partial charge in [-0.3, -0.25) is 19.8 Å². The lowest BCUT2D eigenvalue weighted by Crippen LogP contribution is -2.51. The number of hydrogen-bond donors (Lipinski definition) is 4. The van der Waals surface area contributed by atoms with Gasteiger partial charge in [-0.05, 0) is 82.1 Å². The normalized spacial score (nSPS) is 13.5. The van der Waals surface area contributed by atoms with Crippen molar-refractivity contribution in [2.75, 3.05) is 19.9 Å². The Balaban J connectivity index is 0.000000207. The van der Waals surface area contributed by atoms with Crippen molar-refractivity contribution >= 4 is 93.9 Å². The summed E-state index contributed by atoms with van der Waals surface area (Å²) in [5.41, 5.74) is 4.65. The number of benzene rings is 3. The number of nitrogens with one attached hydrogen (secondary N) is 3. The SMILES string of the molecule is Cc1[nH]n(-c2ccccc2)c(=S)c1C=Nc1c(Br)cc(Br)cc1Br.Cc1ccc(S(=O)(=O)NC2=NCN(CC(=O)O)CN2)cc1. The summed E-state index contributed by atoms with van der Waals surface area (Å²) in [5.74, 6) is -0.854. The maximum absolute atomic E-state index is 12.1. The molecule has 16 heteroatoms. The van der Waals surface area contributed by atoms with E-state index in [0.29, 0.717) is 4.64 Å². The standard InChI is InChI=1S/C17H12Br3N3S.C12H16N4O4S/c1-10-13(9-21-16-14(19)7-11(18)8-15(16)20)17(24)23(22-10)12-5-3-2-4-6-12;1-9-2-4-10(5-3-9)21(19,20)15-12-13-7-16(8-14-12)6-11(17)18/h2-9,22H,1H3;2-5H,6-8H2,1H3,(H,17,18)(H2,13,14,15). The van der Waals surface area contributed by atoms with Gasteiger partial charge in [-0.15, -0.1) is 0 Å². The van der Waals surface area contributed by atoms with Crippen molar-refractivity contribution in [2.24, 2.45) is 9.98 Å². The lowest BCUT2D eigenvalue weighted by molar-refractivity contribution is -0.138. The fourth-order valence-corrected chi connectivity index (χ4v) is 7.81. The fraction of sp³-hybridized carbons (Fsp3) is 0.172. The first kappa shape index (κ1) is 34.7. The van der Waals surface area contributed by atoms with Gasteiger partial charge in [0.05, 0.1) is 41.7 Å². The number of nitrogens with zero attached hydrogens (tertiary/aromatic N) is 4. The van der Waals surface area contributed by atoms with Crippen LogP contribution in [0.25, 0.3) is 5.69 Å². The highest BCUT2D eigenvalue weighted by Gasteiger charge is 2.20. The van der Waals surface area contributed by atoms with Crippen LogP contribution in [0.1, 0.15) is 16.8 Å². The summed E-state index contributed by atoms with van der Waals surface area (Å²) >= 11 is 16.1. The molecule has 0 atom stereocenters. The van der Waals surface area contributed by atoms with E-state index >= 15 is 0 Å². The van der Waals surface area contributed by atoms with E-state index in [1.165, 1.54) is 17.0 Å². The number of halogens is 3. The first-order valence-corrected chi connectivity index (χ1v) is 17.5. The largest absolute Gasteiger partial charge is 0.480 e. The van der Waals surface area contributed by atoms with Crippen LogP contribution in [0.15, 0.2) is 95.0 Å². The number of carbonyl (C=O) groups is 1. The second-order valence-corrected chi connectivity index (χ2v) is 14.4. The Kier molecular flexibility index (Phi) is 11.9. The highest BCUT2D eigenvalue weighted by atomic mass is 79.9. The molecule has 0 saturated carbocycles. The summed E-state index contributed by atoms with van der Waals surface area (Å²) in [6.45, 7) is 4.02. The molecule has 0 fully saturated rings. The molecule has 0 spiro atoms. The number of para-hydroxylation sites is 1. The summed E-state index contributed by atoms with van der Waals surface area (Å²) < 4.78 is 32.0. The number of carboxylic acids is 1. The molecule has 0 amide bonds. The maximum Gasteiger partial charge on any atom is 0.317 e. The highest BCUT2D eigenvalue weighted by molar-refractivity contribution is 9.11. The van der Waals surface area contributed by atoms with Crippen LogP contribution in [0.2, 0.25) is 0 Å². The lowest BCUT2D eigenvalue weighted by atomic mass is 10.2. The van der Waals surface area contributed by atoms with Crippen molar-refractivity contribution in [3.63, 3.8) is 0 Å². The number of aliphatic carboxylic acids is 1. The third-order valence-corrected chi connectivity index (χ3v) is 9.68. The third-order valence-electron chi connectivity index (χ3n) is 6.26. The second-order valence-electron chi connectivity index (χ2n) is 9.73. The first-order valence-electron chi connectivity index (χ1n) is 13.2. The van der Waals surface area contributed by atoms with E-state index < -0.39 is 16.0 Å². The van der Waals surface area contributed by atoms with Crippen LogP contribution in [0.5, 0.6) is 0 Å². The molecule has 2 heterocycles. The van der Waals surface area contributed by atoms with E-state index in [0.717, 1.165) is 41.6 Å². The van der Waals surface area contributed by atoms with Gasteiger partial charge in [-0.2, -0.15) is 0 Å². The summed E-state index contributed by atoms with van der Waals surface area (Å²) in [7, 11) is -3.70. The number of H-pyrrole nitrogens is 1. The second kappa shape index (κ2) is 15.4. The molecule has 0 unspecified atom stereocenters. The molecule has 1 aliphatic rings. The minimum absolute atomic E-state index is 0.109. The van der Waals surface area contributed by atoms with Gasteiger partial charge < -0.3 is 10.4 Å². The van der Waals surface area contributed by atoms with Gasteiger partial charge in [0.25, 0.3) is 10.0 Å². The summed E-state index contributed by atoms with van der Waals surface area (Å²) in [5, 5.41) is 14.7. The van der Waals surface area contributed by atoms with E-state index in [4.69, 9.17) is 17.3 Å². The van der Waals surface area contributed by atoms with Crippen LogP contribution in [0.4, 0.5) is 5.69 Å². The summed E-state index contributed by atoms with van der Waals surface area (Å²) in [6, 6.07) is 20.3. The minimum Gasteiger partial charge on any atom is -0.480 e. The average molecular weight is 842 g/mol.